The Balaban J connectivity index is 1.76. The number of anilines is 1. The summed E-state index contributed by atoms with van der Waals surface area (Å²) in [4.78, 5) is 20.0. The predicted octanol–water partition coefficient (Wildman–Crippen LogP) is 4.30. The number of para-hydroxylation sites is 1. The largest absolute Gasteiger partial charge is 0.358 e. The lowest BCUT2D eigenvalue weighted by Crippen LogP contribution is -2.33. The molecule has 0 bridgehead atoms. The number of thiophene rings is 1. The van der Waals surface area contributed by atoms with Gasteiger partial charge in [-0.1, -0.05) is 38.1 Å². The maximum absolute atomic E-state index is 11.7. The summed E-state index contributed by atoms with van der Waals surface area (Å²) in [6.45, 7) is 5.22. The van der Waals surface area contributed by atoms with Gasteiger partial charge < -0.3 is 4.90 Å². The van der Waals surface area contributed by atoms with Crippen molar-refractivity contribution in [1.29, 1.82) is 0 Å². The fraction of sp³-hybridized carbons (Fsp3) is 0.238. The summed E-state index contributed by atoms with van der Waals surface area (Å²) in [7, 11) is 0. The Labute approximate surface area is 162 Å². The molecule has 138 valence electrons. The van der Waals surface area contributed by atoms with Crippen LogP contribution in [0, 0.1) is 0 Å². The Morgan fingerprint density at radius 1 is 1.22 bits per heavy atom. The number of hydroxylamine groups is 1. The van der Waals surface area contributed by atoms with Crippen molar-refractivity contribution >= 4 is 22.9 Å². The maximum atomic E-state index is 11.7. The normalized spacial score (nSPS) is 17.6. The van der Waals surface area contributed by atoms with Crippen LogP contribution in [0.25, 0.3) is 0 Å². The highest BCUT2D eigenvalue weighted by Gasteiger charge is 2.45. The van der Waals surface area contributed by atoms with E-state index in [1.165, 1.54) is 28.2 Å². The van der Waals surface area contributed by atoms with Gasteiger partial charge in [-0.05, 0) is 35.4 Å². The molecule has 2 N–H and O–H groups in total. The zero-order valence-corrected chi connectivity index (χ0v) is 16.0. The second-order valence-corrected chi connectivity index (χ2v) is 8.43. The molecule has 4 rings (SSSR count). The standard InChI is InChI=1S/C21H21N3O2S/c1-21(2)16-7-3-4-8-17(16)24(19(21)14-6-5-11-22-12-14)13-15-9-10-18(27-15)20(25)23-26/h3-12,19,26H,13H2,1-2H3,(H,23,25). The average molecular weight is 379 g/mol. The number of carbonyl (C=O) groups excluding carboxylic acids is 1. The monoisotopic (exact) mass is 379 g/mol. The van der Waals surface area contributed by atoms with Crippen molar-refractivity contribution in [3.05, 3.63) is 81.8 Å². The van der Waals surface area contributed by atoms with E-state index < -0.39 is 5.91 Å². The zero-order chi connectivity index (χ0) is 19.0. The number of fused-ring (bicyclic) bond motifs is 1. The molecule has 1 aliphatic heterocycles. The van der Waals surface area contributed by atoms with Crippen molar-refractivity contribution in [2.75, 3.05) is 4.90 Å². The molecule has 0 radical (unpaired) electrons. The molecule has 1 aromatic carbocycles. The molecule has 2 aromatic heterocycles. The van der Waals surface area contributed by atoms with Crippen molar-refractivity contribution < 1.29 is 10.0 Å². The van der Waals surface area contributed by atoms with Gasteiger partial charge in [0.15, 0.2) is 0 Å². The molecule has 3 heterocycles. The minimum Gasteiger partial charge on any atom is -0.358 e. The van der Waals surface area contributed by atoms with Gasteiger partial charge in [-0.2, -0.15) is 0 Å². The summed E-state index contributed by atoms with van der Waals surface area (Å²) >= 11 is 1.40. The number of nitrogens with one attached hydrogen (secondary N) is 1. The molecule has 3 aromatic rings. The van der Waals surface area contributed by atoms with E-state index >= 15 is 0 Å². The van der Waals surface area contributed by atoms with E-state index in [2.05, 4.69) is 54.1 Å². The van der Waals surface area contributed by atoms with E-state index in [0.29, 0.717) is 11.4 Å². The molecular formula is C21H21N3O2S. The number of hydrogen-bond acceptors (Lipinski definition) is 5. The summed E-state index contributed by atoms with van der Waals surface area (Å²) in [5.74, 6) is -0.475. The summed E-state index contributed by atoms with van der Waals surface area (Å²) in [6, 6.07) is 16.4. The van der Waals surface area contributed by atoms with Gasteiger partial charge in [0, 0.05) is 28.4 Å². The van der Waals surface area contributed by atoms with Crippen LogP contribution >= 0.6 is 11.3 Å². The van der Waals surface area contributed by atoms with Gasteiger partial charge in [0.05, 0.1) is 17.5 Å². The molecular weight excluding hydrogens is 358 g/mol. The van der Waals surface area contributed by atoms with Gasteiger partial charge in [0.1, 0.15) is 0 Å². The first kappa shape index (κ1) is 17.7. The SMILES string of the molecule is CC1(C)c2ccccc2N(Cc2ccc(C(=O)NO)s2)C1c1cccnc1. The summed E-state index contributed by atoms with van der Waals surface area (Å²) in [6.07, 6.45) is 3.73. The molecule has 27 heavy (non-hydrogen) atoms. The number of carbonyl (C=O) groups is 1. The smallest absolute Gasteiger partial charge is 0.284 e. The van der Waals surface area contributed by atoms with E-state index in [9.17, 15) is 4.79 Å². The van der Waals surface area contributed by atoms with E-state index in [0.717, 1.165) is 4.88 Å². The van der Waals surface area contributed by atoms with E-state index in [1.54, 1.807) is 17.7 Å². The third kappa shape index (κ3) is 3.01. The number of pyridine rings is 1. The Bertz CT molecular complexity index is 968. The van der Waals surface area contributed by atoms with E-state index in [-0.39, 0.29) is 11.5 Å². The van der Waals surface area contributed by atoms with Gasteiger partial charge in [-0.3, -0.25) is 15.0 Å². The first-order valence-electron chi connectivity index (χ1n) is 8.81. The summed E-state index contributed by atoms with van der Waals surface area (Å²) in [5, 5.41) is 8.86. The van der Waals surface area contributed by atoms with Gasteiger partial charge in [0.25, 0.3) is 5.91 Å². The minimum absolute atomic E-state index is 0.0812. The van der Waals surface area contributed by atoms with Crippen LogP contribution in [-0.4, -0.2) is 16.1 Å². The highest BCUT2D eigenvalue weighted by Crippen LogP contribution is 2.53. The lowest BCUT2D eigenvalue weighted by molar-refractivity contribution is 0.0711. The van der Waals surface area contributed by atoms with Crippen LogP contribution in [-0.2, 0) is 12.0 Å². The Morgan fingerprint density at radius 2 is 2.04 bits per heavy atom. The highest BCUT2D eigenvalue weighted by molar-refractivity contribution is 7.14. The van der Waals surface area contributed by atoms with Gasteiger partial charge in [-0.15, -0.1) is 11.3 Å². The van der Waals surface area contributed by atoms with Gasteiger partial charge in [-0.25, -0.2) is 5.48 Å². The fourth-order valence-corrected chi connectivity index (χ4v) is 4.96. The zero-order valence-electron chi connectivity index (χ0n) is 15.2. The summed E-state index contributed by atoms with van der Waals surface area (Å²) in [5.41, 5.74) is 5.31. The second-order valence-electron chi connectivity index (χ2n) is 7.26. The summed E-state index contributed by atoms with van der Waals surface area (Å²) < 4.78 is 0. The van der Waals surface area contributed by atoms with Crippen LogP contribution in [0.15, 0.2) is 60.9 Å². The first-order valence-corrected chi connectivity index (χ1v) is 9.63. The molecule has 0 aliphatic carbocycles. The number of nitrogens with zero attached hydrogens (tertiary/aromatic N) is 2. The van der Waals surface area contributed by atoms with Crippen molar-refractivity contribution in [2.45, 2.75) is 31.8 Å². The van der Waals surface area contributed by atoms with E-state index in [4.69, 9.17) is 5.21 Å². The van der Waals surface area contributed by atoms with Gasteiger partial charge in [0.2, 0.25) is 0 Å². The Hall–Kier alpha value is -2.70. The topological polar surface area (TPSA) is 65.5 Å². The van der Waals surface area contributed by atoms with Crippen molar-refractivity contribution in [3.63, 3.8) is 0 Å². The third-order valence-electron chi connectivity index (χ3n) is 5.22. The molecule has 1 atom stereocenters. The van der Waals surface area contributed by atoms with Crippen LogP contribution in [0.2, 0.25) is 0 Å². The molecule has 1 unspecified atom stereocenters. The van der Waals surface area contributed by atoms with Crippen LogP contribution in [0.4, 0.5) is 5.69 Å². The number of rotatable bonds is 4. The number of aromatic nitrogens is 1. The number of benzene rings is 1. The molecule has 1 amide bonds. The van der Waals surface area contributed by atoms with Crippen LogP contribution in [0.1, 0.15) is 45.6 Å². The quantitative estimate of drug-likeness (QED) is 0.524. The molecule has 5 nitrogen and oxygen atoms in total. The Kier molecular flexibility index (Phi) is 4.45. The van der Waals surface area contributed by atoms with Crippen LogP contribution < -0.4 is 10.4 Å². The molecule has 6 heteroatoms. The predicted molar refractivity (Wildman–Crippen MR) is 106 cm³/mol. The van der Waals surface area contributed by atoms with Crippen LogP contribution in [0.3, 0.4) is 0 Å². The average Bonchev–Trinajstić information content (AvgIpc) is 3.24. The maximum Gasteiger partial charge on any atom is 0.284 e. The molecule has 0 spiro atoms. The van der Waals surface area contributed by atoms with Crippen LogP contribution in [0.5, 0.6) is 0 Å². The second kappa shape index (κ2) is 6.79. The molecule has 0 saturated carbocycles. The minimum atomic E-state index is -0.475. The number of hydrogen-bond donors (Lipinski definition) is 2. The first-order chi connectivity index (χ1) is 13.0. The molecule has 0 saturated heterocycles. The lowest BCUT2D eigenvalue weighted by atomic mass is 9.78. The Morgan fingerprint density at radius 3 is 2.78 bits per heavy atom. The lowest BCUT2D eigenvalue weighted by Gasteiger charge is -2.34. The molecule has 0 fully saturated rings. The number of amides is 1. The highest BCUT2D eigenvalue weighted by atomic mass is 32.1. The fourth-order valence-electron chi connectivity index (χ4n) is 4.06. The van der Waals surface area contributed by atoms with Crippen molar-refractivity contribution in [1.82, 2.24) is 10.5 Å². The van der Waals surface area contributed by atoms with Crippen molar-refractivity contribution in [2.24, 2.45) is 0 Å². The molecule has 1 aliphatic rings. The van der Waals surface area contributed by atoms with Gasteiger partial charge >= 0.3 is 0 Å². The third-order valence-corrected chi connectivity index (χ3v) is 6.29. The van der Waals surface area contributed by atoms with Crippen molar-refractivity contribution in [3.8, 4) is 0 Å². The van der Waals surface area contributed by atoms with E-state index in [1.807, 2.05) is 18.3 Å².